The number of rotatable bonds is 7. The third-order valence-electron chi connectivity index (χ3n) is 5.29. The van der Waals surface area contributed by atoms with Crippen LogP contribution in [0.4, 0.5) is 5.13 Å². The maximum absolute atomic E-state index is 13.0. The number of hydrogen-bond donors (Lipinski definition) is 0. The van der Waals surface area contributed by atoms with E-state index in [4.69, 9.17) is 4.98 Å². The fraction of sp³-hybridized carbons (Fsp3) is 0.348. The van der Waals surface area contributed by atoms with E-state index in [1.807, 2.05) is 34.9 Å². The van der Waals surface area contributed by atoms with Crippen molar-refractivity contribution in [2.75, 3.05) is 18.0 Å². The van der Waals surface area contributed by atoms with Crippen molar-refractivity contribution in [1.29, 1.82) is 0 Å². The average Bonchev–Trinajstić information content (AvgIpc) is 3.37. The molecule has 0 atom stereocenters. The van der Waals surface area contributed by atoms with Gasteiger partial charge in [0.05, 0.1) is 17.9 Å². The molecule has 1 fully saturated rings. The predicted molar refractivity (Wildman–Crippen MR) is 116 cm³/mol. The number of nitrogens with zero attached hydrogens (tertiary/aromatic N) is 3. The van der Waals surface area contributed by atoms with E-state index < -0.39 is 0 Å². The Kier molecular flexibility index (Phi) is 5.90. The fourth-order valence-electron chi connectivity index (χ4n) is 3.71. The summed E-state index contributed by atoms with van der Waals surface area (Å²) in [6.45, 7) is 4.15. The van der Waals surface area contributed by atoms with Gasteiger partial charge in [0.1, 0.15) is 0 Å². The van der Waals surface area contributed by atoms with Gasteiger partial charge in [-0.3, -0.25) is 9.59 Å². The second-order valence-electron chi connectivity index (χ2n) is 7.55. The van der Waals surface area contributed by atoms with Crippen LogP contribution in [0.25, 0.3) is 0 Å². The van der Waals surface area contributed by atoms with Gasteiger partial charge in [0, 0.05) is 36.7 Å². The Morgan fingerprint density at radius 3 is 2.59 bits per heavy atom. The van der Waals surface area contributed by atoms with E-state index >= 15 is 0 Å². The van der Waals surface area contributed by atoms with Gasteiger partial charge < -0.3 is 9.47 Å². The van der Waals surface area contributed by atoms with Crippen molar-refractivity contribution < 1.29 is 9.59 Å². The smallest absolute Gasteiger partial charge is 0.185 e. The zero-order valence-corrected chi connectivity index (χ0v) is 17.5. The molecule has 0 bridgehead atoms. The molecule has 29 heavy (non-hydrogen) atoms. The van der Waals surface area contributed by atoms with E-state index in [2.05, 4.69) is 10.3 Å². The molecule has 2 aromatic heterocycles. The van der Waals surface area contributed by atoms with Crippen LogP contribution in [-0.2, 0) is 13.0 Å². The van der Waals surface area contributed by atoms with E-state index in [1.54, 1.807) is 23.6 Å². The van der Waals surface area contributed by atoms with Gasteiger partial charge in [-0.2, -0.15) is 0 Å². The highest BCUT2D eigenvalue weighted by molar-refractivity contribution is 7.13. The monoisotopic (exact) mass is 407 g/mol. The van der Waals surface area contributed by atoms with Crippen molar-refractivity contribution in [2.45, 2.75) is 39.2 Å². The Bertz CT molecular complexity index is 1000. The van der Waals surface area contributed by atoms with Gasteiger partial charge in [0.2, 0.25) is 0 Å². The summed E-state index contributed by atoms with van der Waals surface area (Å²) >= 11 is 1.65. The van der Waals surface area contributed by atoms with Crippen molar-refractivity contribution in [2.24, 2.45) is 0 Å². The maximum Gasteiger partial charge on any atom is 0.185 e. The van der Waals surface area contributed by atoms with Crippen molar-refractivity contribution >= 4 is 28.0 Å². The summed E-state index contributed by atoms with van der Waals surface area (Å²) < 4.78 is 1.87. The zero-order chi connectivity index (χ0) is 20.2. The SMILES string of the molecule is CC(=O)c1cc(C(=O)Cc2ccccc2)n(Cc2csc(N3CCCCC3)n2)c1. The van der Waals surface area contributed by atoms with E-state index in [9.17, 15) is 9.59 Å². The first-order valence-corrected chi connectivity index (χ1v) is 11.0. The van der Waals surface area contributed by atoms with Crippen LogP contribution in [0.1, 0.15) is 58.3 Å². The lowest BCUT2D eigenvalue weighted by atomic mass is 10.1. The Labute approximate surface area is 175 Å². The Hall–Kier alpha value is -2.73. The number of Topliss-reactive ketones (excluding diaryl/α,β-unsaturated/α-hetero) is 2. The van der Waals surface area contributed by atoms with Crippen LogP contribution in [0.3, 0.4) is 0 Å². The van der Waals surface area contributed by atoms with Crippen molar-refractivity contribution in [1.82, 2.24) is 9.55 Å². The Balaban J connectivity index is 1.55. The molecule has 1 aliphatic rings. The molecule has 0 spiro atoms. The lowest BCUT2D eigenvalue weighted by Gasteiger charge is -2.25. The van der Waals surface area contributed by atoms with E-state index in [-0.39, 0.29) is 11.6 Å². The van der Waals surface area contributed by atoms with Gasteiger partial charge in [-0.05, 0) is 37.8 Å². The summed E-state index contributed by atoms with van der Waals surface area (Å²) in [6, 6.07) is 11.4. The molecule has 1 aromatic carbocycles. The number of anilines is 1. The summed E-state index contributed by atoms with van der Waals surface area (Å²) in [4.78, 5) is 32.0. The minimum Gasteiger partial charge on any atom is -0.348 e. The van der Waals surface area contributed by atoms with E-state index in [0.717, 1.165) is 29.5 Å². The van der Waals surface area contributed by atoms with Crippen LogP contribution in [0.5, 0.6) is 0 Å². The lowest BCUT2D eigenvalue weighted by molar-refractivity contribution is 0.0983. The molecule has 1 aliphatic heterocycles. The molecule has 0 N–H and O–H groups in total. The van der Waals surface area contributed by atoms with Gasteiger partial charge in [-0.15, -0.1) is 11.3 Å². The first-order chi connectivity index (χ1) is 14.1. The Morgan fingerprint density at radius 1 is 1.10 bits per heavy atom. The highest BCUT2D eigenvalue weighted by Crippen LogP contribution is 2.25. The van der Waals surface area contributed by atoms with Crippen LogP contribution >= 0.6 is 11.3 Å². The second-order valence-corrected chi connectivity index (χ2v) is 8.39. The number of piperidine rings is 1. The normalized spacial score (nSPS) is 14.2. The van der Waals surface area contributed by atoms with Crippen molar-refractivity contribution in [3.05, 3.63) is 70.5 Å². The topological polar surface area (TPSA) is 55.2 Å². The number of benzene rings is 1. The maximum atomic E-state index is 13.0. The van der Waals surface area contributed by atoms with Gasteiger partial charge in [0.25, 0.3) is 0 Å². The summed E-state index contributed by atoms with van der Waals surface area (Å²) in [7, 11) is 0. The predicted octanol–water partition coefficient (Wildman–Crippen LogP) is 4.61. The molecule has 0 unspecified atom stereocenters. The number of thiazole rings is 1. The van der Waals surface area contributed by atoms with Gasteiger partial charge in [-0.25, -0.2) is 4.98 Å². The number of aromatic nitrogens is 2. The van der Waals surface area contributed by atoms with Crippen LogP contribution < -0.4 is 4.90 Å². The van der Waals surface area contributed by atoms with Crippen LogP contribution in [0.15, 0.2) is 48.0 Å². The summed E-state index contributed by atoms with van der Waals surface area (Å²) in [5, 5.41) is 3.11. The molecule has 0 amide bonds. The quantitative estimate of drug-likeness (QED) is 0.537. The molecular weight excluding hydrogens is 382 g/mol. The lowest BCUT2D eigenvalue weighted by Crippen LogP contribution is -2.29. The fourth-order valence-corrected chi connectivity index (χ4v) is 4.58. The van der Waals surface area contributed by atoms with E-state index in [0.29, 0.717) is 24.2 Å². The molecule has 6 heteroatoms. The highest BCUT2D eigenvalue weighted by atomic mass is 32.1. The largest absolute Gasteiger partial charge is 0.348 e. The Morgan fingerprint density at radius 2 is 1.86 bits per heavy atom. The van der Waals surface area contributed by atoms with Crippen LogP contribution in [-0.4, -0.2) is 34.2 Å². The number of hydrogen-bond acceptors (Lipinski definition) is 5. The second kappa shape index (κ2) is 8.74. The summed E-state index contributed by atoms with van der Waals surface area (Å²) in [6.07, 6.45) is 5.82. The standard InChI is InChI=1S/C23H25N3O2S/c1-17(27)19-13-21(22(28)12-18-8-4-2-5-9-18)26(14-19)15-20-16-29-23(24-20)25-10-6-3-7-11-25/h2,4-5,8-9,13-14,16H,3,6-7,10-12,15H2,1H3. The van der Waals surface area contributed by atoms with Crippen LogP contribution in [0.2, 0.25) is 0 Å². The summed E-state index contributed by atoms with van der Waals surface area (Å²) in [5.74, 6) is -0.0278. The minimum absolute atomic E-state index is 0.00943. The number of carbonyl (C=O) groups is 2. The molecule has 0 saturated carbocycles. The highest BCUT2D eigenvalue weighted by Gasteiger charge is 2.19. The number of carbonyl (C=O) groups excluding carboxylic acids is 2. The molecule has 4 rings (SSSR count). The number of ketones is 2. The first-order valence-electron chi connectivity index (χ1n) is 10.1. The summed E-state index contributed by atoms with van der Waals surface area (Å²) in [5.41, 5.74) is 3.02. The minimum atomic E-state index is -0.0372. The molecule has 3 heterocycles. The van der Waals surface area contributed by atoms with Crippen LogP contribution in [0, 0.1) is 0 Å². The van der Waals surface area contributed by atoms with Gasteiger partial charge >= 0.3 is 0 Å². The van der Waals surface area contributed by atoms with E-state index in [1.165, 1.54) is 26.2 Å². The van der Waals surface area contributed by atoms with Gasteiger partial charge in [0.15, 0.2) is 16.7 Å². The van der Waals surface area contributed by atoms with Crippen molar-refractivity contribution in [3.63, 3.8) is 0 Å². The molecule has 1 saturated heterocycles. The zero-order valence-electron chi connectivity index (χ0n) is 16.6. The first kappa shape index (κ1) is 19.6. The third kappa shape index (κ3) is 4.65. The molecule has 5 nitrogen and oxygen atoms in total. The molecule has 0 radical (unpaired) electrons. The average molecular weight is 408 g/mol. The van der Waals surface area contributed by atoms with Gasteiger partial charge in [-0.1, -0.05) is 30.3 Å². The molecule has 150 valence electrons. The van der Waals surface area contributed by atoms with Crippen molar-refractivity contribution in [3.8, 4) is 0 Å². The molecular formula is C23H25N3O2S. The molecule has 0 aliphatic carbocycles. The third-order valence-corrected chi connectivity index (χ3v) is 6.25. The molecule has 3 aromatic rings.